The molecule has 0 bridgehead atoms. The van der Waals surface area contributed by atoms with Crippen LogP contribution in [0.1, 0.15) is 18.5 Å². The molecule has 0 saturated heterocycles. The molecule has 1 amide bonds. The topological polar surface area (TPSA) is 94.0 Å². The van der Waals surface area contributed by atoms with Crippen LogP contribution in [0.4, 0.5) is 11.6 Å². The molecule has 3 heterocycles. The lowest BCUT2D eigenvalue weighted by Crippen LogP contribution is -2.31. The molecule has 5 rings (SSSR count). The third-order valence-corrected chi connectivity index (χ3v) is 5.81. The van der Waals surface area contributed by atoms with Gasteiger partial charge < -0.3 is 15.4 Å². The van der Waals surface area contributed by atoms with Crippen molar-refractivity contribution in [3.8, 4) is 17.1 Å². The standard InChI is InChI=1S/C25H21ClN6O2/c1-15-21(24(33)29-19-7-3-4-8-20(19)34-2)22(16-9-11-18(26)12-10-16)32-25(28-15)30-23(31-32)17-6-5-13-27-14-17/h3-14,22H,1-2H3,(H,29,33)(H,28,30,31). The van der Waals surface area contributed by atoms with Gasteiger partial charge in [-0.05, 0) is 48.9 Å². The van der Waals surface area contributed by atoms with E-state index in [0.29, 0.717) is 39.5 Å². The van der Waals surface area contributed by atoms with Gasteiger partial charge in [-0.1, -0.05) is 35.9 Å². The zero-order valence-corrected chi connectivity index (χ0v) is 19.2. The lowest BCUT2D eigenvalue weighted by atomic mass is 9.95. The van der Waals surface area contributed by atoms with E-state index in [4.69, 9.17) is 21.4 Å². The number of fused-ring (bicyclic) bond motifs is 1. The molecule has 1 atom stereocenters. The highest BCUT2D eigenvalue weighted by atomic mass is 35.5. The number of para-hydroxylation sites is 2. The molecule has 0 fully saturated rings. The number of hydrogen-bond acceptors (Lipinski definition) is 6. The second-order valence-corrected chi connectivity index (χ2v) is 8.15. The molecule has 9 heteroatoms. The van der Waals surface area contributed by atoms with Crippen molar-refractivity contribution in [2.75, 3.05) is 17.7 Å². The van der Waals surface area contributed by atoms with E-state index in [0.717, 1.165) is 11.1 Å². The van der Waals surface area contributed by atoms with E-state index in [1.54, 1.807) is 48.5 Å². The minimum absolute atomic E-state index is 0.279. The molecule has 0 saturated carbocycles. The summed E-state index contributed by atoms with van der Waals surface area (Å²) in [4.78, 5) is 22.4. The number of amides is 1. The number of carbonyl (C=O) groups is 1. The van der Waals surface area contributed by atoms with Crippen LogP contribution < -0.4 is 15.4 Å². The number of nitrogens with zero attached hydrogens (tertiary/aromatic N) is 4. The largest absolute Gasteiger partial charge is 0.495 e. The quantitative estimate of drug-likeness (QED) is 0.427. The number of pyridine rings is 1. The zero-order valence-electron chi connectivity index (χ0n) is 18.5. The van der Waals surface area contributed by atoms with E-state index in [2.05, 4.69) is 20.6 Å². The number of halogens is 1. The Morgan fingerprint density at radius 1 is 1.12 bits per heavy atom. The molecule has 2 aromatic heterocycles. The van der Waals surface area contributed by atoms with Gasteiger partial charge in [-0.15, -0.1) is 5.10 Å². The Morgan fingerprint density at radius 2 is 1.91 bits per heavy atom. The van der Waals surface area contributed by atoms with Crippen molar-refractivity contribution < 1.29 is 9.53 Å². The van der Waals surface area contributed by atoms with Crippen molar-refractivity contribution in [2.24, 2.45) is 0 Å². The summed E-state index contributed by atoms with van der Waals surface area (Å²) < 4.78 is 7.12. The van der Waals surface area contributed by atoms with Gasteiger partial charge in [0.25, 0.3) is 5.91 Å². The summed E-state index contributed by atoms with van der Waals surface area (Å²) in [5, 5.41) is 11.6. The number of methoxy groups -OCH3 is 1. The van der Waals surface area contributed by atoms with Crippen LogP contribution in [0.2, 0.25) is 5.02 Å². The molecule has 1 aliphatic heterocycles. The fourth-order valence-corrected chi connectivity index (χ4v) is 4.08. The Bertz CT molecular complexity index is 1380. The third kappa shape index (κ3) is 3.99. The van der Waals surface area contributed by atoms with Gasteiger partial charge in [-0.2, -0.15) is 4.98 Å². The first-order chi connectivity index (χ1) is 16.5. The Labute approximate surface area is 201 Å². The third-order valence-electron chi connectivity index (χ3n) is 5.56. The molecule has 34 heavy (non-hydrogen) atoms. The van der Waals surface area contributed by atoms with Crippen LogP contribution in [-0.2, 0) is 4.79 Å². The number of anilines is 2. The van der Waals surface area contributed by atoms with Crippen molar-refractivity contribution in [2.45, 2.75) is 13.0 Å². The summed E-state index contributed by atoms with van der Waals surface area (Å²) in [7, 11) is 1.57. The summed E-state index contributed by atoms with van der Waals surface area (Å²) in [6, 6.07) is 17.8. The highest BCUT2D eigenvalue weighted by Crippen LogP contribution is 2.37. The molecule has 170 valence electrons. The Balaban J connectivity index is 1.60. The first-order valence-electron chi connectivity index (χ1n) is 10.6. The molecule has 2 aromatic carbocycles. The Hall–Kier alpha value is -4.17. The molecule has 0 aliphatic carbocycles. The second-order valence-electron chi connectivity index (χ2n) is 7.72. The minimum Gasteiger partial charge on any atom is -0.495 e. The lowest BCUT2D eigenvalue weighted by molar-refractivity contribution is -0.113. The maximum atomic E-state index is 13.6. The molecular weight excluding hydrogens is 452 g/mol. The number of hydrogen-bond donors (Lipinski definition) is 2. The summed E-state index contributed by atoms with van der Waals surface area (Å²) in [5.74, 6) is 1.33. The lowest BCUT2D eigenvalue weighted by Gasteiger charge is -2.28. The van der Waals surface area contributed by atoms with Gasteiger partial charge in [0.15, 0.2) is 5.82 Å². The first kappa shape index (κ1) is 21.7. The summed E-state index contributed by atoms with van der Waals surface area (Å²) in [6.45, 7) is 1.85. The van der Waals surface area contributed by atoms with Gasteiger partial charge in [0.05, 0.1) is 18.4 Å². The van der Waals surface area contributed by atoms with Gasteiger partial charge in [0, 0.05) is 28.7 Å². The normalized spacial score (nSPS) is 14.9. The number of carbonyl (C=O) groups excluding carboxylic acids is 1. The molecule has 0 spiro atoms. The van der Waals surface area contributed by atoms with Crippen molar-refractivity contribution in [1.29, 1.82) is 0 Å². The molecule has 0 radical (unpaired) electrons. The van der Waals surface area contributed by atoms with Crippen molar-refractivity contribution in [1.82, 2.24) is 19.7 Å². The maximum Gasteiger partial charge on any atom is 0.255 e. The number of allylic oxidation sites excluding steroid dienone is 1. The fourth-order valence-electron chi connectivity index (χ4n) is 3.95. The second kappa shape index (κ2) is 8.99. The fraction of sp³-hybridized carbons (Fsp3) is 0.120. The summed E-state index contributed by atoms with van der Waals surface area (Å²) in [5.41, 5.74) is 3.37. The van der Waals surface area contributed by atoms with E-state index in [1.807, 2.05) is 43.3 Å². The van der Waals surface area contributed by atoms with Gasteiger partial charge in [0.2, 0.25) is 5.95 Å². The summed E-state index contributed by atoms with van der Waals surface area (Å²) in [6.07, 6.45) is 3.40. The van der Waals surface area contributed by atoms with Crippen LogP contribution in [0.15, 0.2) is 84.3 Å². The molecule has 4 aromatic rings. The van der Waals surface area contributed by atoms with Crippen molar-refractivity contribution in [3.05, 3.63) is 94.9 Å². The smallest absolute Gasteiger partial charge is 0.255 e. The van der Waals surface area contributed by atoms with E-state index in [1.165, 1.54) is 0 Å². The average molecular weight is 473 g/mol. The minimum atomic E-state index is -0.527. The van der Waals surface area contributed by atoms with Gasteiger partial charge in [-0.25, -0.2) is 4.68 Å². The summed E-state index contributed by atoms with van der Waals surface area (Å²) >= 11 is 6.14. The van der Waals surface area contributed by atoms with E-state index < -0.39 is 6.04 Å². The Kier molecular flexibility index (Phi) is 5.73. The average Bonchev–Trinajstić information content (AvgIpc) is 3.28. The number of ether oxygens (including phenoxy) is 1. The van der Waals surface area contributed by atoms with Crippen LogP contribution in [0.25, 0.3) is 11.4 Å². The first-order valence-corrected chi connectivity index (χ1v) is 11.0. The zero-order chi connectivity index (χ0) is 23.7. The predicted octanol–water partition coefficient (Wildman–Crippen LogP) is 4.93. The van der Waals surface area contributed by atoms with Crippen LogP contribution >= 0.6 is 11.6 Å². The number of nitrogens with one attached hydrogen (secondary N) is 2. The van der Waals surface area contributed by atoms with Crippen LogP contribution in [0.5, 0.6) is 5.75 Å². The molecule has 1 aliphatic rings. The van der Waals surface area contributed by atoms with Gasteiger partial charge in [0.1, 0.15) is 11.8 Å². The van der Waals surface area contributed by atoms with E-state index in [-0.39, 0.29) is 5.91 Å². The van der Waals surface area contributed by atoms with E-state index in [9.17, 15) is 4.79 Å². The van der Waals surface area contributed by atoms with E-state index >= 15 is 0 Å². The number of benzene rings is 2. The highest BCUT2D eigenvalue weighted by Gasteiger charge is 2.34. The SMILES string of the molecule is COc1ccccc1NC(=O)C1=C(C)Nc2nc(-c3cccnc3)nn2C1c1ccc(Cl)cc1. The number of aromatic nitrogens is 4. The number of rotatable bonds is 5. The highest BCUT2D eigenvalue weighted by molar-refractivity contribution is 6.30. The van der Waals surface area contributed by atoms with Gasteiger partial charge in [-0.3, -0.25) is 9.78 Å². The maximum absolute atomic E-state index is 13.6. The predicted molar refractivity (Wildman–Crippen MR) is 131 cm³/mol. The molecule has 2 N–H and O–H groups in total. The van der Waals surface area contributed by atoms with Crippen molar-refractivity contribution >= 4 is 29.1 Å². The molecule has 1 unspecified atom stereocenters. The van der Waals surface area contributed by atoms with Crippen molar-refractivity contribution in [3.63, 3.8) is 0 Å². The van der Waals surface area contributed by atoms with Crippen LogP contribution in [-0.4, -0.2) is 32.8 Å². The molecular formula is C25H21ClN6O2. The monoisotopic (exact) mass is 472 g/mol. The molecule has 8 nitrogen and oxygen atoms in total. The van der Waals surface area contributed by atoms with Gasteiger partial charge >= 0.3 is 0 Å². The van der Waals surface area contributed by atoms with Crippen LogP contribution in [0, 0.1) is 0 Å². The van der Waals surface area contributed by atoms with Crippen LogP contribution in [0.3, 0.4) is 0 Å². The Morgan fingerprint density at radius 3 is 2.65 bits per heavy atom.